The molecule has 0 N–H and O–H groups in total. The molecule has 0 unspecified atom stereocenters. The zero-order chi connectivity index (χ0) is 12.0. The maximum Gasteiger partial charge on any atom is 3.00 e. The Bertz CT molecular complexity index is 693. The molecule has 3 rings (SSSR count). The molecule has 0 fully saturated rings. The molecule has 0 atom stereocenters. The van der Waals surface area contributed by atoms with E-state index in [1.165, 1.54) is 27.1 Å². The minimum atomic E-state index is 0. The molecule has 0 saturated heterocycles. The molecule has 0 heterocycles. The number of rotatable bonds is 0. The first-order chi connectivity index (χ1) is 8.05. The number of fused-ring (bicyclic) bond motifs is 3. The second-order valence-electron chi connectivity index (χ2n) is 5.78. The van der Waals surface area contributed by atoms with Crippen molar-refractivity contribution in [2.24, 2.45) is 0 Å². The van der Waals surface area contributed by atoms with E-state index in [9.17, 15) is 0 Å². The molecule has 20 heavy (non-hydrogen) atoms. The van der Waals surface area contributed by atoms with Crippen LogP contribution < -0.4 is 24.8 Å². The molecule has 0 amide bonds. The van der Waals surface area contributed by atoms with E-state index in [-0.39, 0.29) is 51.9 Å². The first-order valence-corrected chi connectivity index (χ1v) is 6.14. The van der Waals surface area contributed by atoms with E-state index in [0.717, 1.165) is 0 Å². The molecule has 3 aromatic rings. The van der Waals surface area contributed by atoms with Crippen molar-refractivity contribution >= 4 is 21.5 Å². The van der Waals surface area contributed by atoms with Gasteiger partial charge in [0.25, 0.3) is 0 Å². The van der Waals surface area contributed by atoms with Crippen LogP contribution in [-0.4, -0.2) is 0 Å². The van der Waals surface area contributed by atoms with Crippen LogP contribution in [0.3, 0.4) is 0 Å². The summed E-state index contributed by atoms with van der Waals surface area (Å²) in [6.07, 6.45) is 0. The number of halogens is 2. The van der Waals surface area contributed by atoms with Crippen molar-refractivity contribution in [3.05, 3.63) is 54.1 Å². The van der Waals surface area contributed by atoms with Gasteiger partial charge in [0.05, 0.1) is 0 Å². The normalized spacial score (nSPS) is 10.6. The van der Waals surface area contributed by atoms with Crippen molar-refractivity contribution in [2.45, 2.75) is 26.2 Å². The molecule has 0 bridgehead atoms. The standard InChI is InChI=1S/C17H17.2ClH.Ti/c1-17(2,3)14-8-9-16-13(11-14)10-12-6-4-5-7-15(12)16;;;/h4-11H,1-3H3;2*1H;/q-1;;;+3/p-2. The van der Waals surface area contributed by atoms with Crippen LogP contribution in [-0.2, 0) is 27.1 Å². The molecule has 0 saturated carbocycles. The van der Waals surface area contributed by atoms with E-state index >= 15 is 0 Å². The maximum absolute atomic E-state index is 2.33. The second kappa shape index (κ2) is 7.05. The molecular formula is C17H17Cl2Ti. The average Bonchev–Trinajstić information content (AvgIpc) is 2.65. The van der Waals surface area contributed by atoms with Crippen molar-refractivity contribution in [1.29, 1.82) is 0 Å². The third kappa shape index (κ3) is 3.43. The number of hydrogen-bond donors (Lipinski definition) is 0. The minimum Gasteiger partial charge on any atom is -1.00 e. The van der Waals surface area contributed by atoms with Crippen LogP contribution >= 0.6 is 0 Å². The Balaban J connectivity index is 0.00000120. The van der Waals surface area contributed by atoms with Gasteiger partial charge in [-0.1, -0.05) is 56.7 Å². The molecular weight excluding hydrogens is 323 g/mol. The molecule has 1 radical (unpaired) electrons. The van der Waals surface area contributed by atoms with Gasteiger partial charge >= 0.3 is 21.7 Å². The van der Waals surface area contributed by atoms with Gasteiger partial charge in [-0.05, 0) is 5.41 Å². The molecule has 0 nitrogen and oxygen atoms in total. The van der Waals surface area contributed by atoms with E-state index in [1.807, 2.05) is 0 Å². The summed E-state index contributed by atoms with van der Waals surface area (Å²) in [5.41, 5.74) is 1.62. The summed E-state index contributed by atoms with van der Waals surface area (Å²) in [5.74, 6) is 0. The predicted octanol–water partition coefficient (Wildman–Crippen LogP) is -0.985. The van der Waals surface area contributed by atoms with Crippen molar-refractivity contribution in [3.63, 3.8) is 0 Å². The fourth-order valence-electron chi connectivity index (χ4n) is 2.43. The third-order valence-corrected chi connectivity index (χ3v) is 3.48. The number of hydrogen-bond acceptors (Lipinski definition) is 0. The zero-order valence-corrected chi connectivity index (χ0v) is 14.9. The van der Waals surface area contributed by atoms with E-state index in [0.29, 0.717) is 0 Å². The zero-order valence-electron chi connectivity index (χ0n) is 11.9. The van der Waals surface area contributed by atoms with Gasteiger partial charge in [0.15, 0.2) is 0 Å². The maximum atomic E-state index is 2.33. The van der Waals surface area contributed by atoms with Gasteiger partial charge in [-0.15, -0.1) is 39.7 Å². The Labute approximate surface area is 148 Å². The summed E-state index contributed by atoms with van der Waals surface area (Å²) in [6, 6.07) is 17.7. The molecule has 3 aromatic carbocycles. The SMILES string of the molecule is CC(C)(C)c1ccc2c(c1)[cH-]c1ccccc12.[Cl-].[Cl-].[Ti+3]. The second-order valence-corrected chi connectivity index (χ2v) is 5.78. The molecule has 0 aliphatic carbocycles. The molecule has 103 valence electrons. The van der Waals surface area contributed by atoms with Gasteiger partial charge in [-0.25, -0.2) is 0 Å². The van der Waals surface area contributed by atoms with Crippen LogP contribution in [0.5, 0.6) is 0 Å². The quantitative estimate of drug-likeness (QED) is 0.365. The summed E-state index contributed by atoms with van der Waals surface area (Å²) in [6.45, 7) is 6.78. The third-order valence-electron chi connectivity index (χ3n) is 3.48. The smallest absolute Gasteiger partial charge is 1.00 e. The van der Waals surface area contributed by atoms with Gasteiger partial charge in [0.1, 0.15) is 0 Å². The van der Waals surface area contributed by atoms with E-state index in [1.54, 1.807) is 0 Å². The molecule has 0 aliphatic rings. The van der Waals surface area contributed by atoms with E-state index in [2.05, 4.69) is 69.3 Å². The Morgan fingerprint density at radius 3 is 2.05 bits per heavy atom. The molecule has 0 aromatic heterocycles. The van der Waals surface area contributed by atoms with Crippen molar-refractivity contribution in [2.75, 3.05) is 0 Å². The first kappa shape index (κ1) is 19.6. The van der Waals surface area contributed by atoms with Crippen LogP contribution in [0.2, 0.25) is 0 Å². The fourth-order valence-corrected chi connectivity index (χ4v) is 2.43. The first-order valence-electron chi connectivity index (χ1n) is 6.14. The fraction of sp³-hybridized carbons (Fsp3) is 0.235. The van der Waals surface area contributed by atoms with Crippen LogP contribution in [0.15, 0.2) is 48.5 Å². The van der Waals surface area contributed by atoms with Crippen molar-refractivity contribution in [3.8, 4) is 0 Å². The molecule has 0 aliphatic heterocycles. The Morgan fingerprint density at radius 2 is 1.40 bits per heavy atom. The number of benzene rings is 2. The van der Waals surface area contributed by atoms with Crippen LogP contribution in [0.25, 0.3) is 21.5 Å². The van der Waals surface area contributed by atoms with Crippen LogP contribution in [0, 0.1) is 0 Å². The van der Waals surface area contributed by atoms with Gasteiger partial charge in [-0.3, -0.25) is 0 Å². The summed E-state index contributed by atoms with van der Waals surface area (Å²) in [5, 5.41) is 5.43. The van der Waals surface area contributed by atoms with E-state index < -0.39 is 0 Å². The Kier molecular flexibility index (Phi) is 6.91. The summed E-state index contributed by atoms with van der Waals surface area (Å²) >= 11 is 0. The summed E-state index contributed by atoms with van der Waals surface area (Å²) < 4.78 is 0. The van der Waals surface area contributed by atoms with Crippen LogP contribution in [0.4, 0.5) is 0 Å². The average molecular weight is 340 g/mol. The monoisotopic (exact) mass is 339 g/mol. The minimum absolute atomic E-state index is 0. The van der Waals surface area contributed by atoms with Crippen molar-refractivity contribution < 1.29 is 46.5 Å². The van der Waals surface area contributed by atoms with E-state index in [4.69, 9.17) is 0 Å². The van der Waals surface area contributed by atoms with Gasteiger partial charge in [0, 0.05) is 0 Å². The van der Waals surface area contributed by atoms with Gasteiger partial charge in [0.2, 0.25) is 0 Å². The Hall–Kier alpha value is -0.396. The summed E-state index contributed by atoms with van der Waals surface area (Å²) in [4.78, 5) is 0. The largest absolute Gasteiger partial charge is 3.00 e. The van der Waals surface area contributed by atoms with Crippen molar-refractivity contribution in [1.82, 2.24) is 0 Å². The van der Waals surface area contributed by atoms with Crippen LogP contribution in [0.1, 0.15) is 26.3 Å². The summed E-state index contributed by atoms with van der Waals surface area (Å²) in [7, 11) is 0. The predicted molar refractivity (Wildman–Crippen MR) is 75.7 cm³/mol. The topological polar surface area (TPSA) is 0 Å². The van der Waals surface area contributed by atoms with Gasteiger partial charge in [-0.2, -0.15) is 0 Å². The molecule has 3 heteroatoms. The Morgan fingerprint density at radius 1 is 0.800 bits per heavy atom. The van der Waals surface area contributed by atoms with Gasteiger partial charge < -0.3 is 24.8 Å². The molecule has 0 spiro atoms.